The van der Waals surface area contributed by atoms with Crippen molar-refractivity contribution in [2.45, 2.75) is 25.3 Å². The van der Waals surface area contributed by atoms with Crippen molar-refractivity contribution in [1.29, 1.82) is 0 Å². The van der Waals surface area contributed by atoms with E-state index in [0.29, 0.717) is 11.8 Å². The van der Waals surface area contributed by atoms with Gasteiger partial charge in [-0.2, -0.15) is 4.98 Å². The summed E-state index contributed by atoms with van der Waals surface area (Å²) in [5.41, 5.74) is 6.78. The summed E-state index contributed by atoms with van der Waals surface area (Å²) in [6.07, 6.45) is 2.46. The van der Waals surface area contributed by atoms with Gasteiger partial charge in [-0.1, -0.05) is 12.1 Å². The molecule has 3 N–H and O–H groups in total. The lowest BCUT2D eigenvalue weighted by Crippen LogP contribution is -2.20. The van der Waals surface area contributed by atoms with E-state index in [1.807, 2.05) is 24.3 Å². The molecule has 0 amide bonds. The summed E-state index contributed by atoms with van der Waals surface area (Å²) in [5.74, 6) is 0.802. The molecular weight excluding hydrogens is 268 g/mol. The van der Waals surface area contributed by atoms with Gasteiger partial charge in [-0.25, -0.2) is 4.98 Å². The van der Waals surface area contributed by atoms with E-state index in [-0.39, 0.29) is 17.9 Å². The van der Waals surface area contributed by atoms with Crippen LogP contribution in [0.1, 0.15) is 19.3 Å². The molecule has 0 spiro atoms. The molecule has 110 valence electrons. The highest BCUT2D eigenvalue weighted by Gasteiger charge is 2.30. The number of nitrogens with one attached hydrogen (secondary N) is 1. The maximum Gasteiger partial charge on any atom is 0.308 e. The lowest BCUT2D eigenvalue weighted by molar-refractivity contribution is -0.145. The number of methoxy groups -OCH3 is 1. The van der Waals surface area contributed by atoms with E-state index in [0.717, 1.165) is 30.2 Å². The van der Waals surface area contributed by atoms with Crippen LogP contribution in [0.5, 0.6) is 0 Å². The highest BCUT2D eigenvalue weighted by atomic mass is 16.5. The number of rotatable bonds is 3. The van der Waals surface area contributed by atoms with Gasteiger partial charge in [0.1, 0.15) is 5.82 Å². The largest absolute Gasteiger partial charge is 0.469 e. The normalized spacial score (nSPS) is 21.4. The fraction of sp³-hybridized carbons (Fsp3) is 0.400. The molecule has 1 aliphatic rings. The number of esters is 1. The number of hydrogen-bond acceptors (Lipinski definition) is 6. The minimum absolute atomic E-state index is 0.0368. The van der Waals surface area contributed by atoms with Crippen LogP contribution < -0.4 is 11.1 Å². The highest BCUT2D eigenvalue weighted by Crippen LogP contribution is 2.29. The van der Waals surface area contributed by atoms with Gasteiger partial charge in [-0.15, -0.1) is 0 Å². The Morgan fingerprint density at radius 2 is 2.14 bits per heavy atom. The molecule has 1 saturated carbocycles. The van der Waals surface area contributed by atoms with Crippen molar-refractivity contribution < 1.29 is 9.53 Å². The summed E-state index contributed by atoms with van der Waals surface area (Å²) in [7, 11) is 1.43. The average Bonchev–Trinajstić information content (AvgIpc) is 2.95. The molecule has 1 aliphatic carbocycles. The molecular formula is C15H18N4O2. The first-order valence-corrected chi connectivity index (χ1v) is 7.04. The van der Waals surface area contributed by atoms with Crippen LogP contribution in [0.4, 0.5) is 11.8 Å². The first-order valence-electron chi connectivity index (χ1n) is 7.04. The van der Waals surface area contributed by atoms with E-state index in [1.165, 1.54) is 7.11 Å². The number of benzene rings is 1. The molecule has 0 unspecified atom stereocenters. The Hall–Kier alpha value is -2.37. The van der Waals surface area contributed by atoms with E-state index in [1.54, 1.807) is 0 Å². The smallest absolute Gasteiger partial charge is 0.308 e. The van der Waals surface area contributed by atoms with Crippen LogP contribution >= 0.6 is 0 Å². The van der Waals surface area contributed by atoms with Gasteiger partial charge in [0.05, 0.1) is 18.5 Å². The van der Waals surface area contributed by atoms with E-state index in [2.05, 4.69) is 15.3 Å². The van der Waals surface area contributed by atoms with Crippen LogP contribution in [0, 0.1) is 5.92 Å². The second-order valence-corrected chi connectivity index (χ2v) is 5.32. The van der Waals surface area contributed by atoms with Crippen molar-refractivity contribution in [1.82, 2.24) is 9.97 Å². The molecule has 0 bridgehead atoms. The van der Waals surface area contributed by atoms with Crippen molar-refractivity contribution in [3.05, 3.63) is 24.3 Å². The van der Waals surface area contributed by atoms with Gasteiger partial charge < -0.3 is 15.8 Å². The van der Waals surface area contributed by atoms with Gasteiger partial charge in [-0.3, -0.25) is 4.79 Å². The van der Waals surface area contributed by atoms with Crippen LogP contribution in [0.25, 0.3) is 10.9 Å². The maximum atomic E-state index is 11.5. The fourth-order valence-corrected chi connectivity index (χ4v) is 2.84. The summed E-state index contributed by atoms with van der Waals surface area (Å²) in [6.45, 7) is 0. The van der Waals surface area contributed by atoms with E-state index >= 15 is 0 Å². The Morgan fingerprint density at radius 1 is 1.33 bits per heavy atom. The molecule has 1 aromatic carbocycles. The average molecular weight is 286 g/mol. The molecule has 2 atom stereocenters. The molecule has 0 saturated heterocycles. The molecule has 1 fully saturated rings. The number of carbonyl (C=O) groups is 1. The molecule has 0 radical (unpaired) electrons. The number of nitrogen functional groups attached to an aromatic ring is 1. The van der Waals surface area contributed by atoms with Gasteiger partial charge in [0, 0.05) is 11.4 Å². The van der Waals surface area contributed by atoms with Crippen molar-refractivity contribution in [2.24, 2.45) is 5.92 Å². The third-order valence-electron chi connectivity index (χ3n) is 3.93. The Labute approximate surface area is 122 Å². The lowest BCUT2D eigenvalue weighted by atomic mass is 10.1. The third kappa shape index (κ3) is 2.74. The molecule has 6 nitrogen and oxygen atoms in total. The van der Waals surface area contributed by atoms with Gasteiger partial charge in [0.2, 0.25) is 5.95 Å². The highest BCUT2D eigenvalue weighted by molar-refractivity contribution is 5.88. The zero-order valence-corrected chi connectivity index (χ0v) is 11.9. The number of aromatic nitrogens is 2. The number of nitrogens with zero attached hydrogens (tertiary/aromatic N) is 2. The summed E-state index contributed by atoms with van der Waals surface area (Å²) in [5, 5.41) is 4.12. The fourth-order valence-electron chi connectivity index (χ4n) is 2.84. The SMILES string of the molecule is COC(=O)[C@H]1CC[C@@H](Nc2nc(N)c3ccccc3n2)C1. The number of anilines is 2. The quantitative estimate of drug-likeness (QED) is 0.838. The third-order valence-corrected chi connectivity index (χ3v) is 3.93. The predicted octanol–water partition coefficient (Wildman–Crippen LogP) is 1.97. The first-order chi connectivity index (χ1) is 10.2. The summed E-state index contributed by atoms with van der Waals surface area (Å²) < 4.78 is 4.79. The molecule has 3 rings (SSSR count). The molecule has 2 aromatic rings. The zero-order valence-electron chi connectivity index (χ0n) is 11.9. The Morgan fingerprint density at radius 3 is 2.95 bits per heavy atom. The molecule has 6 heteroatoms. The topological polar surface area (TPSA) is 90.1 Å². The summed E-state index contributed by atoms with van der Waals surface area (Å²) >= 11 is 0. The van der Waals surface area contributed by atoms with Crippen LogP contribution in [-0.4, -0.2) is 29.1 Å². The van der Waals surface area contributed by atoms with Crippen LogP contribution in [0.2, 0.25) is 0 Å². The predicted molar refractivity (Wildman–Crippen MR) is 80.7 cm³/mol. The minimum atomic E-state index is -0.141. The van der Waals surface area contributed by atoms with E-state index in [4.69, 9.17) is 10.5 Å². The van der Waals surface area contributed by atoms with Crippen molar-refractivity contribution in [3.8, 4) is 0 Å². The van der Waals surface area contributed by atoms with Gasteiger partial charge >= 0.3 is 5.97 Å². The van der Waals surface area contributed by atoms with E-state index in [9.17, 15) is 4.79 Å². The number of carbonyl (C=O) groups excluding carboxylic acids is 1. The molecule has 1 aromatic heterocycles. The monoisotopic (exact) mass is 286 g/mol. The molecule has 21 heavy (non-hydrogen) atoms. The van der Waals surface area contributed by atoms with Gasteiger partial charge in [0.15, 0.2) is 0 Å². The summed E-state index contributed by atoms with van der Waals surface area (Å²) in [4.78, 5) is 20.3. The molecule has 1 heterocycles. The van der Waals surface area contributed by atoms with Crippen molar-refractivity contribution >= 4 is 28.6 Å². The Bertz CT molecular complexity index is 674. The number of nitrogens with two attached hydrogens (primary N) is 1. The second-order valence-electron chi connectivity index (χ2n) is 5.32. The number of ether oxygens (including phenoxy) is 1. The van der Waals surface area contributed by atoms with Crippen LogP contribution in [-0.2, 0) is 9.53 Å². The minimum Gasteiger partial charge on any atom is -0.469 e. The van der Waals surface area contributed by atoms with Gasteiger partial charge in [0.25, 0.3) is 0 Å². The zero-order chi connectivity index (χ0) is 14.8. The standard InChI is InChI=1S/C15H18N4O2/c1-21-14(20)9-6-7-10(8-9)17-15-18-12-5-3-2-4-11(12)13(16)19-15/h2-5,9-10H,6-8H2,1H3,(H3,16,17,18,19)/t9-,10+/m0/s1. The van der Waals surface area contributed by atoms with Crippen molar-refractivity contribution in [3.63, 3.8) is 0 Å². The second kappa shape index (κ2) is 5.55. The maximum absolute atomic E-state index is 11.5. The van der Waals surface area contributed by atoms with Crippen LogP contribution in [0.3, 0.4) is 0 Å². The first kappa shape index (κ1) is 13.6. The number of hydrogen-bond donors (Lipinski definition) is 2. The Balaban J connectivity index is 1.75. The Kier molecular flexibility index (Phi) is 3.60. The van der Waals surface area contributed by atoms with E-state index < -0.39 is 0 Å². The number of fused-ring (bicyclic) bond motifs is 1. The lowest BCUT2D eigenvalue weighted by Gasteiger charge is -2.13. The van der Waals surface area contributed by atoms with Gasteiger partial charge in [-0.05, 0) is 31.4 Å². The molecule has 0 aliphatic heterocycles. The number of para-hydroxylation sites is 1. The van der Waals surface area contributed by atoms with Crippen LogP contribution in [0.15, 0.2) is 24.3 Å². The van der Waals surface area contributed by atoms with Crippen molar-refractivity contribution in [2.75, 3.05) is 18.2 Å². The summed E-state index contributed by atoms with van der Waals surface area (Å²) in [6, 6.07) is 7.81.